The second kappa shape index (κ2) is 8.04. The first-order chi connectivity index (χ1) is 13.4. The maximum Gasteiger partial charge on any atom is 0.328 e. The summed E-state index contributed by atoms with van der Waals surface area (Å²) in [4.78, 5) is 49.1. The van der Waals surface area contributed by atoms with E-state index in [0.717, 1.165) is 16.7 Å². The van der Waals surface area contributed by atoms with E-state index in [0.29, 0.717) is 5.56 Å². The van der Waals surface area contributed by atoms with Crippen LogP contribution in [0.1, 0.15) is 29.8 Å². The fourth-order valence-corrected chi connectivity index (χ4v) is 2.91. The van der Waals surface area contributed by atoms with Crippen LogP contribution in [0.5, 0.6) is 0 Å². The highest BCUT2D eigenvalue weighted by molar-refractivity contribution is 6.00. The summed E-state index contributed by atoms with van der Waals surface area (Å²) in [6.45, 7) is 2.99. The number of fused-ring (bicyclic) bond motifs is 1. The molecule has 1 N–H and O–H groups in total. The van der Waals surface area contributed by atoms with Crippen molar-refractivity contribution in [1.82, 2.24) is 9.78 Å². The minimum atomic E-state index is -1.01. The molecule has 3 rings (SSSR count). The lowest BCUT2D eigenvalue weighted by Gasteiger charge is -2.13. The van der Waals surface area contributed by atoms with Gasteiger partial charge >= 0.3 is 5.97 Å². The van der Waals surface area contributed by atoms with E-state index in [2.05, 4.69) is 5.10 Å². The molecule has 0 unspecified atom stereocenters. The largest absolute Gasteiger partial charge is 0.453 e. The number of nitrogens with one attached hydrogen (secondary N) is 1. The van der Waals surface area contributed by atoms with Crippen LogP contribution >= 0.6 is 0 Å². The summed E-state index contributed by atoms with van der Waals surface area (Å²) in [5.41, 5.74) is 0.541. The van der Waals surface area contributed by atoms with E-state index in [1.807, 2.05) is 19.1 Å². The number of H-pyrrole nitrogens is 1. The number of aryl methyl sites for hydroxylation is 1. The van der Waals surface area contributed by atoms with Crippen molar-refractivity contribution in [2.75, 3.05) is 0 Å². The Balaban J connectivity index is 1.74. The number of aromatic amines is 1. The number of nitrogens with zero attached hydrogens (tertiary/aromatic N) is 1. The first-order valence-corrected chi connectivity index (χ1v) is 8.95. The number of rotatable bonds is 6. The van der Waals surface area contributed by atoms with Crippen LogP contribution in [0.25, 0.3) is 10.8 Å². The molecule has 0 spiro atoms. The van der Waals surface area contributed by atoms with E-state index in [1.165, 1.54) is 19.1 Å². The van der Waals surface area contributed by atoms with Crippen LogP contribution in [0.15, 0.2) is 58.1 Å². The van der Waals surface area contributed by atoms with Crippen LogP contribution in [0, 0.1) is 0 Å². The van der Waals surface area contributed by atoms with Crippen molar-refractivity contribution in [2.45, 2.75) is 32.9 Å². The fourth-order valence-electron chi connectivity index (χ4n) is 2.91. The van der Waals surface area contributed by atoms with E-state index in [4.69, 9.17) is 4.74 Å². The van der Waals surface area contributed by atoms with Crippen LogP contribution in [-0.4, -0.2) is 27.6 Å². The van der Waals surface area contributed by atoms with Crippen LogP contribution in [-0.2, 0) is 22.5 Å². The van der Waals surface area contributed by atoms with Gasteiger partial charge in [-0.15, -0.1) is 0 Å². The zero-order valence-corrected chi connectivity index (χ0v) is 15.6. The molecular formula is C21H20N2O5. The van der Waals surface area contributed by atoms with Gasteiger partial charge in [0, 0.05) is 5.56 Å². The Morgan fingerprint density at radius 3 is 2.32 bits per heavy atom. The summed E-state index contributed by atoms with van der Waals surface area (Å²) in [6.07, 6.45) is -0.152. The average Bonchev–Trinajstić information content (AvgIpc) is 2.71. The molecule has 0 saturated carbocycles. The second-order valence-corrected chi connectivity index (χ2v) is 6.42. The van der Waals surface area contributed by atoms with Gasteiger partial charge in [-0.1, -0.05) is 43.3 Å². The highest BCUT2D eigenvalue weighted by atomic mass is 16.5. The van der Waals surface area contributed by atoms with Crippen molar-refractivity contribution < 1.29 is 14.3 Å². The maximum absolute atomic E-state index is 12.4. The number of carbonyl (C=O) groups is 2. The molecular weight excluding hydrogens is 360 g/mol. The van der Waals surface area contributed by atoms with Gasteiger partial charge in [0.15, 0.2) is 6.10 Å². The molecule has 144 valence electrons. The van der Waals surface area contributed by atoms with Gasteiger partial charge in [-0.25, -0.2) is 4.68 Å². The molecule has 7 nitrogen and oxygen atoms in total. The minimum Gasteiger partial charge on any atom is -0.453 e. The van der Waals surface area contributed by atoms with Gasteiger partial charge in [0.1, 0.15) is 6.54 Å². The lowest BCUT2D eigenvalue weighted by Crippen LogP contribution is -2.34. The third kappa shape index (κ3) is 3.93. The first-order valence-electron chi connectivity index (χ1n) is 8.95. The molecule has 1 aromatic heterocycles. The molecule has 0 radical (unpaired) electrons. The number of esters is 1. The summed E-state index contributed by atoms with van der Waals surface area (Å²) in [5, 5.41) is 2.81. The molecule has 0 amide bonds. The molecule has 1 heterocycles. The summed E-state index contributed by atoms with van der Waals surface area (Å²) >= 11 is 0. The van der Waals surface area contributed by atoms with Crippen LogP contribution in [0.4, 0.5) is 0 Å². The Bertz CT molecular complexity index is 1140. The van der Waals surface area contributed by atoms with Gasteiger partial charge in [0.25, 0.3) is 11.1 Å². The smallest absolute Gasteiger partial charge is 0.328 e. The molecule has 28 heavy (non-hydrogen) atoms. The molecule has 7 heteroatoms. The van der Waals surface area contributed by atoms with Crippen LogP contribution in [0.3, 0.4) is 0 Å². The van der Waals surface area contributed by atoms with Crippen molar-refractivity contribution in [2.24, 2.45) is 0 Å². The fraction of sp³-hybridized carbons (Fsp3) is 0.238. The highest BCUT2D eigenvalue weighted by Gasteiger charge is 2.20. The predicted octanol–water partition coefficient (Wildman–Crippen LogP) is 2.07. The third-order valence-corrected chi connectivity index (χ3v) is 4.50. The van der Waals surface area contributed by atoms with Gasteiger partial charge in [-0.3, -0.25) is 24.3 Å². The SMILES string of the molecule is CCc1ccc(C(=O)[C@@H](C)OC(=O)Cn2[nH]c(=O)c3ccccc3c2=O)cc1. The number of aromatic nitrogens is 2. The van der Waals surface area contributed by atoms with Gasteiger partial charge in [0.2, 0.25) is 5.78 Å². The number of benzene rings is 2. The van der Waals surface area contributed by atoms with E-state index < -0.39 is 29.7 Å². The normalized spacial score (nSPS) is 11.9. The number of hydrogen-bond donors (Lipinski definition) is 1. The minimum absolute atomic E-state index is 0.208. The average molecular weight is 380 g/mol. The topological polar surface area (TPSA) is 98.2 Å². The number of carbonyl (C=O) groups excluding carboxylic acids is 2. The van der Waals surface area contributed by atoms with E-state index in [9.17, 15) is 19.2 Å². The highest BCUT2D eigenvalue weighted by Crippen LogP contribution is 2.10. The summed E-state index contributed by atoms with van der Waals surface area (Å²) in [6, 6.07) is 13.4. The van der Waals surface area contributed by atoms with Gasteiger partial charge in [-0.2, -0.15) is 0 Å². The number of hydrogen-bond acceptors (Lipinski definition) is 5. The Kier molecular flexibility index (Phi) is 5.54. The molecule has 1 atom stereocenters. The number of Topliss-reactive ketones (excluding diaryl/α,β-unsaturated/α-hetero) is 1. The van der Waals surface area contributed by atoms with Gasteiger partial charge < -0.3 is 4.74 Å². The predicted molar refractivity (Wildman–Crippen MR) is 105 cm³/mol. The van der Waals surface area contributed by atoms with Crippen molar-refractivity contribution in [3.05, 3.63) is 80.4 Å². The van der Waals surface area contributed by atoms with Crippen molar-refractivity contribution >= 4 is 22.5 Å². The Morgan fingerprint density at radius 2 is 1.68 bits per heavy atom. The Labute approximate surface area is 160 Å². The zero-order valence-electron chi connectivity index (χ0n) is 15.6. The zero-order chi connectivity index (χ0) is 20.3. The lowest BCUT2D eigenvalue weighted by molar-refractivity contribution is -0.147. The molecule has 0 fully saturated rings. The molecule has 2 aromatic carbocycles. The van der Waals surface area contributed by atoms with Crippen molar-refractivity contribution in [3.63, 3.8) is 0 Å². The third-order valence-electron chi connectivity index (χ3n) is 4.50. The van der Waals surface area contributed by atoms with E-state index in [1.54, 1.807) is 24.3 Å². The maximum atomic E-state index is 12.4. The van der Waals surface area contributed by atoms with Gasteiger partial charge in [-0.05, 0) is 31.0 Å². The summed E-state index contributed by atoms with van der Waals surface area (Å²) in [5.74, 6) is -1.13. The first kappa shape index (κ1) is 19.3. The molecule has 3 aromatic rings. The van der Waals surface area contributed by atoms with Crippen molar-refractivity contribution in [1.29, 1.82) is 0 Å². The monoisotopic (exact) mass is 380 g/mol. The molecule has 0 aliphatic rings. The molecule has 0 aliphatic carbocycles. The summed E-state index contributed by atoms with van der Waals surface area (Å²) < 4.78 is 6.05. The summed E-state index contributed by atoms with van der Waals surface area (Å²) in [7, 11) is 0. The standard InChI is InChI=1S/C21H20N2O5/c1-3-14-8-10-15(11-9-14)19(25)13(2)28-18(24)12-23-21(27)17-7-5-4-6-16(17)20(26)22-23/h4-11,13H,3,12H2,1-2H3,(H,22,26)/t13-/m1/s1. The van der Waals surface area contributed by atoms with Crippen molar-refractivity contribution in [3.8, 4) is 0 Å². The molecule has 0 aliphatic heterocycles. The second-order valence-electron chi connectivity index (χ2n) is 6.42. The molecule has 0 saturated heterocycles. The van der Waals surface area contributed by atoms with Crippen LogP contribution in [0.2, 0.25) is 0 Å². The van der Waals surface area contributed by atoms with Gasteiger partial charge in [0.05, 0.1) is 10.8 Å². The Morgan fingerprint density at radius 1 is 1.04 bits per heavy atom. The lowest BCUT2D eigenvalue weighted by atomic mass is 10.0. The number of ketones is 1. The Hall–Kier alpha value is -3.48. The van der Waals surface area contributed by atoms with Crippen LogP contribution < -0.4 is 11.1 Å². The van der Waals surface area contributed by atoms with E-state index in [-0.39, 0.29) is 16.6 Å². The number of ether oxygens (including phenoxy) is 1. The quantitative estimate of drug-likeness (QED) is 0.521. The van der Waals surface area contributed by atoms with E-state index >= 15 is 0 Å². The molecule has 0 bridgehead atoms.